The molecule has 16 heavy (non-hydrogen) atoms. The lowest BCUT2D eigenvalue weighted by molar-refractivity contribution is -0.137. The number of hydrogen-bond acceptors (Lipinski definition) is 3. The lowest BCUT2D eigenvalue weighted by Gasteiger charge is -2.05. The third kappa shape index (κ3) is 2.22. The number of ether oxygens (including phenoxy) is 2. The standard InChI is InChI=1S/C11H11ClO4/c12-10-7(2-1-3-9(13)14)4-5-8-11(10)16-6-15-8/h4-5H,1-3,6H2,(H,13,14). The van der Waals surface area contributed by atoms with Crippen molar-refractivity contribution in [3.05, 3.63) is 22.7 Å². The first-order valence-electron chi connectivity index (χ1n) is 4.97. The maximum Gasteiger partial charge on any atom is 0.303 e. The van der Waals surface area contributed by atoms with Gasteiger partial charge in [0.05, 0.1) is 5.02 Å². The molecule has 0 bridgehead atoms. The Morgan fingerprint density at radius 2 is 2.25 bits per heavy atom. The van der Waals surface area contributed by atoms with Gasteiger partial charge in [-0.25, -0.2) is 0 Å². The SMILES string of the molecule is O=C(O)CCCc1ccc2c(c1Cl)OCO2. The van der Waals surface area contributed by atoms with Gasteiger partial charge < -0.3 is 14.6 Å². The number of hydrogen-bond donors (Lipinski definition) is 1. The Hall–Kier alpha value is -1.42. The quantitative estimate of drug-likeness (QED) is 0.881. The minimum atomic E-state index is -0.795. The van der Waals surface area contributed by atoms with E-state index in [1.165, 1.54) is 0 Å². The molecule has 5 heteroatoms. The fourth-order valence-corrected chi connectivity index (χ4v) is 1.91. The minimum absolute atomic E-state index is 0.144. The molecule has 0 saturated carbocycles. The second kappa shape index (κ2) is 4.61. The molecular weight excluding hydrogens is 232 g/mol. The minimum Gasteiger partial charge on any atom is -0.481 e. The van der Waals surface area contributed by atoms with Gasteiger partial charge in [0.1, 0.15) is 0 Å². The predicted molar refractivity (Wildman–Crippen MR) is 58.1 cm³/mol. The summed E-state index contributed by atoms with van der Waals surface area (Å²) in [4.78, 5) is 10.4. The smallest absolute Gasteiger partial charge is 0.303 e. The van der Waals surface area contributed by atoms with Crippen LogP contribution in [0.15, 0.2) is 12.1 Å². The number of rotatable bonds is 4. The van der Waals surface area contributed by atoms with Gasteiger partial charge in [0.2, 0.25) is 6.79 Å². The molecule has 0 spiro atoms. The summed E-state index contributed by atoms with van der Waals surface area (Å²) < 4.78 is 10.4. The molecule has 1 aliphatic heterocycles. The van der Waals surface area contributed by atoms with Crippen LogP contribution in [0.3, 0.4) is 0 Å². The lowest BCUT2D eigenvalue weighted by Crippen LogP contribution is -1.96. The second-order valence-corrected chi connectivity index (χ2v) is 3.90. The van der Waals surface area contributed by atoms with Crippen molar-refractivity contribution in [1.82, 2.24) is 0 Å². The molecule has 1 aliphatic rings. The first-order valence-corrected chi connectivity index (χ1v) is 5.35. The highest BCUT2D eigenvalue weighted by atomic mass is 35.5. The van der Waals surface area contributed by atoms with E-state index in [1.807, 2.05) is 6.07 Å². The van der Waals surface area contributed by atoms with E-state index in [4.69, 9.17) is 26.2 Å². The van der Waals surface area contributed by atoms with Crippen LogP contribution in [0.5, 0.6) is 11.5 Å². The van der Waals surface area contributed by atoms with Crippen molar-refractivity contribution in [3.63, 3.8) is 0 Å². The van der Waals surface area contributed by atoms with Crippen LogP contribution in [0.2, 0.25) is 5.02 Å². The van der Waals surface area contributed by atoms with Crippen LogP contribution in [0.1, 0.15) is 18.4 Å². The zero-order valence-electron chi connectivity index (χ0n) is 8.53. The Kier molecular flexibility index (Phi) is 3.19. The number of aliphatic carboxylic acids is 1. The molecular formula is C11H11ClO4. The Labute approximate surface area is 97.7 Å². The first-order chi connectivity index (χ1) is 7.68. The summed E-state index contributed by atoms with van der Waals surface area (Å²) in [6.45, 7) is 0.188. The molecule has 0 amide bonds. The average molecular weight is 243 g/mol. The average Bonchev–Trinajstić information content (AvgIpc) is 2.69. The van der Waals surface area contributed by atoms with E-state index in [0.29, 0.717) is 29.4 Å². The Morgan fingerprint density at radius 1 is 1.44 bits per heavy atom. The molecule has 0 fully saturated rings. The summed E-state index contributed by atoms with van der Waals surface area (Å²) in [6, 6.07) is 3.64. The third-order valence-corrected chi connectivity index (χ3v) is 2.81. The van der Waals surface area contributed by atoms with Crippen LogP contribution in [0, 0.1) is 0 Å². The van der Waals surface area contributed by atoms with Crippen LogP contribution in [-0.4, -0.2) is 17.9 Å². The van der Waals surface area contributed by atoms with Crippen LogP contribution in [0.4, 0.5) is 0 Å². The van der Waals surface area contributed by atoms with Gasteiger partial charge in [-0.2, -0.15) is 0 Å². The Balaban J connectivity index is 2.08. The van der Waals surface area contributed by atoms with Crippen molar-refractivity contribution in [2.24, 2.45) is 0 Å². The van der Waals surface area contributed by atoms with E-state index >= 15 is 0 Å². The van der Waals surface area contributed by atoms with Gasteiger partial charge in [0.15, 0.2) is 11.5 Å². The van der Waals surface area contributed by atoms with Crippen LogP contribution < -0.4 is 9.47 Å². The van der Waals surface area contributed by atoms with E-state index in [2.05, 4.69) is 0 Å². The molecule has 0 aromatic heterocycles. The van der Waals surface area contributed by atoms with Gasteiger partial charge in [0.25, 0.3) is 0 Å². The molecule has 1 N–H and O–H groups in total. The van der Waals surface area contributed by atoms with E-state index in [-0.39, 0.29) is 13.2 Å². The van der Waals surface area contributed by atoms with Gasteiger partial charge in [-0.15, -0.1) is 0 Å². The molecule has 1 aromatic carbocycles. The summed E-state index contributed by atoms with van der Waals surface area (Å²) in [7, 11) is 0. The van der Waals surface area contributed by atoms with E-state index in [0.717, 1.165) is 5.56 Å². The van der Waals surface area contributed by atoms with E-state index in [1.54, 1.807) is 6.07 Å². The fourth-order valence-electron chi connectivity index (χ4n) is 1.60. The first kappa shape index (κ1) is 11.1. The van der Waals surface area contributed by atoms with Crippen molar-refractivity contribution >= 4 is 17.6 Å². The van der Waals surface area contributed by atoms with Gasteiger partial charge >= 0.3 is 5.97 Å². The van der Waals surface area contributed by atoms with Gasteiger partial charge in [-0.05, 0) is 24.5 Å². The summed E-state index contributed by atoms with van der Waals surface area (Å²) in [5.74, 6) is 0.415. The largest absolute Gasteiger partial charge is 0.481 e. The van der Waals surface area contributed by atoms with E-state index < -0.39 is 5.97 Å². The molecule has 0 radical (unpaired) electrons. The predicted octanol–water partition coefficient (Wildman–Crippen LogP) is 2.48. The van der Waals surface area contributed by atoms with Gasteiger partial charge in [-0.3, -0.25) is 4.79 Å². The number of fused-ring (bicyclic) bond motifs is 1. The van der Waals surface area contributed by atoms with Gasteiger partial charge in [-0.1, -0.05) is 17.7 Å². The van der Waals surface area contributed by atoms with Crippen molar-refractivity contribution in [3.8, 4) is 11.5 Å². The van der Waals surface area contributed by atoms with Crippen molar-refractivity contribution in [2.75, 3.05) is 6.79 Å². The van der Waals surface area contributed by atoms with Crippen molar-refractivity contribution in [2.45, 2.75) is 19.3 Å². The lowest BCUT2D eigenvalue weighted by atomic mass is 10.1. The number of halogens is 1. The normalized spacial score (nSPS) is 12.8. The second-order valence-electron chi connectivity index (χ2n) is 3.52. The van der Waals surface area contributed by atoms with Crippen molar-refractivity contribution in [1.29, 1.82) is 0 Å². The Morgan fingerprint density at radius 3 is 3.00 bits per heavy atom. The topological polar surface area (TPSA) is 55.8 Å². The molecule has 86 valence electrons. The zero-order chi connectivity index (χ0) is 11.5. The summed E-state index contributed by atoms with van der Waals surface area (Å²) >= 11 is 6.12. The van der Waals surface area contributed by atoms with Gasteiger partial charge in [0, 0.05) is 6.42 Å². The van der Waals surface area contributed by atoms with Crippen LogP contribution >= 0.6 is 11.6 Å². The molecule has 0 saturated heterocycles. The summed E-state index contributed by atoms with van der Waals surface area (Å²) in [5.41, 5.74) is 0.896. The number of carbonyl (C=O) groups is 1. The maximum atomic E-state index is 10.4. The summed E-state index contributed by atoms with van der Waals surface area (Å²) in [6.07, 6.45) is 1.33. The summed E-state index contributed by atoms with van der Waals surface area (Å²) in [5, 5.41) is 9.07. The highest BCUT2D eigenvalue weighted by Crippen LogP contribution is 2.41. The number of aryl methyl sites for hydroxylation is 1. The third-order valence-electron chi connectivity index (χ3n) is 2.40. The zero-order valence-corrected chi connectivity index (χ0v) is 9.29. The van der Waals surface area contributed by atoms with Crippen LogP contribution in [-0.2, 0) is 11.2 Å². The fraction of sp³-hybridized carbons (Fsp3) is 0.364. The highest BCUT2D eigenvalue weighted by Gasteiger charge is 2.19. The number of carboxylic acid groups (broad SMARTS) is 1. The molecule has 2 rings (SSSR count). The molecule has 0 unspecified atom stereocenters. The molecule has 1 heterocycles. The van der Waals surface area contributed by atoms with Crippen molar-refractivity contribution < 1.29 is 19.4 Å². The highest BCUT2D eigenvalue weighted by molar-refractivity contribution is 6.33. The monoisotopic (exact) mass is 242 g/mol. The van der Waals surface area contributed by atoms with Crippen LogP contribution in [0.25, 0.3) is 0 Å². The molecule has 1 aromatic rings. The Bertz CT molecular complexity index is 417. The molecule has 0 atom stereocenters. The number of carboxylic acids is 1. The molecule has 0 aliphatic carbocycles. The molecule has 4 nitrogen and oxygen atoms in total. The van der Waals surface area contributed by atoms with E-state index in [9.17, 15) is 4.79 Å². The number of benzene rings is 1. The maximum absolute atomic E-state index is 10.4.